The third-order valence-corrected chi connectivity index (χ3v) is 11.4. The van der Waals surface area contributed by atoms with Gasteiger partial charge in [0.2, 0.25) is 0 Å². The van der Waals surface area contributed by atoms with E-state index in [0.29, 0.717) is 6.61 Å². The summed E-state index contributed by atoms with van der Waals surface area (Å²) < 4.78 is 12.2. The summed E-state index contributed by atoms with van der Waals surface area (Å²) in [6.07, 6.45) is 3.73. The van der Waals surface area contributed by atoms with E-state index >= 15 is 0 Å². The topological polar surface area (TPSA) is 21.6 Å². The molecule has 0 bridgehead atoms. The molecule has 1 fully saturated rings. The van der Waals surface area contributed by atoms with Crippen molar-refractivity contribution in [3.05, 3.63) is 60.7 Å². The Labute approximate surface area is 188 Å². The van der Waals surface area contributed by atoms with Gasteiger partial charge in [0.15, 0.2) is 0 Å². The van der Waals surface area contributed by atoms with E-state index in [2.05, 4.69) is 102 Å². The highest BCUT2D eigenvalue weighted by molar-refractivity contribution is 7.99. The van der Waals surface area contributed by atoms with Crippen LogP contribution in [0, 0.1) is 5.92 Å². The van der Waals surface area contributed by atoms with Crippen LogP contribution >= 0.6 is 11.9 Å². The molecule has 2 aromatic rings. The molecule has 0 atom stereocenters. The highest BCUT2D eigenvalue weighted by Gasteiger charge is 2.50. The zero-order valence-corrected chi connectivity index (χ0v) is 21.3. The highest BCUT2D eigenvalue weighted by atomic mass is 32.2. The number of nitrogens with zero attached hydrogens (tertiary/aromatic N) is 1. The van der Waals surface area contributed by atoms with E-state index in [9.17, 15) is 0 Å². The SMILES string of the molecule is CC(C)(C)SN=C(CO[Si](c1ccccc1)(c1ccccc1)C(C)(C)C)CC1CC1. The average molecular weight is 440 g/mol. The number of hydrogen-bond acceptors (Lipinski definition) is 3. The molecule has 0 saturated heterocycles. The van der Waals surface area contributed by atoms with Crippen LogP contribution in [0.15, 0.2) is 65.1 Å². The van der Waals surface area contributed by atoms with Crippen LogP contribution in [0.1, 0.15) is 60.8 Å². The first kappa shape index (κ1) is 23.3. The third-order valence-electron chi connectivity index (χ3n) is 5.54. The van der Waals surface area contributed by atoms with Crippen molar-refractivity contribution in [3.8, 4) is 0 Å². The fraction of sp³-hybridized carbons (Fsp3) is 0.500. The van der Waals surface area contributed by atoms with Gasteiger partial charge in [-0.3, -0.25) is 0 Å². The van der Waals surface area contributed by atoms with E-state index in [1.54, 1.807) is 11.9 Å². The van der Waals surface area contributed by atoms with Crippen LogP contribution < -0.4 is 10.4 Å². The normalized spacial score (nSPS) is 16.0. The number of rotatable bonds is 8. The zero-order chi connectivity index (χ0) is 21.8. The summed E-state index contributed by atoms with van der Waals surface area (Å²) in [6, 6.07) is 21.8. The molecule has 2 aromatic carbocycles. The van der Waals surface area contributed by atoms with Crippen molar-refractivity contribution in [2.24, 2.45) is 10.3 Å². The average Bonchev–Trinajstić information content (AvgIpc) is 3.50. The molecule has 0 unspecified atom stereocenters. The monoisotopic (exact) mass is 439 g/mol. The minimum atomic E-state index is -2.51. The quantitative estimate of drug-likeness (QED) is 0.275. The summed E-state index contributed by atoms with van der Waals surface area (Å²) in [4.78, 5) is 0. The van der Waals surface area contributed by atoms with Crippen LogP contribution in [-0.4, -0.2) is 25.4 Å². The van der Waals surface area contributed by atoms with Gasteiger partial charge in [-0.2, -0.15) is 0 Å². The molecule has 2 nitrogen and oxygen atoms in total. The molecule has 0 amide bonds. The lowest BCUT2D eigenvalue weighted by Crippen LogP contribution is -2.67. The molecule has 0 heterocycles. The van der Waals surface area contributed by atoms with Crippen LogP contribution in [-0.2, 0) is 4.43 Å². The Morgan fingerprint density at radius 2 is 1.40 bits per heavy atom. The van der Waals surface area contributed by atoms with Gasteiger partial charge in [0.1, 0.15) is 0 Å². The largest absolute Gasteiger partial charge is 0.402 e. The minimum Gasteiger partial charge on any atom is -0.402 e. The molecule has 1 aliphatic carbocycles. The summed E-state index contributed by atoms with van der Waals surface area (Å²) in [5.41, 5.74) is 1.21. The van der Waals surface area contributed by atoms with Crippen LogP contribution in [0.4, 0.5) is 0 Å². The van der Waals surface area contributed by atoms with Gasteiger partial charge >= 0.3 is 0 Å². The standard InChI is InChI=1S/C26H37NOSSi/c1-25(2,3)29-27-22(19-21-17-18-21)20-28-30(26(4,5)6,23-13-9-7-10-14-23)24-15-11-8-12-16-24/h7-16,21H,17-20H2,1-6H3. The maximum absolute atomic E-state index is 7.12. The van der Waals surface area contributed by atoms with Gasteiger partial charge in [0.25, 0.3) is 8.32 Å². The molecule has 0 radical (unpaired) electrons. The first-order valence-electron chi connectivity index (χ1n) is 11.1. The van der Waals surface area contributed by atoms with Gasteiger partial charge in [-0.05, 0) is 73.3 Å². The van der Waals surface area contributed by atoms with Crippen LogP contribution in [0.2, 0.25) is 5.04 Å². The van der Waals surface area contributed by atoms with Crippen molar-refractivity contribution in [2.75, 3.05) is 6.61 Å². The zero-order valence-electron chi connectivity index (χ0n) is 19.4. The van der Waals surface area contributed by atoms with E-state index in [1.807, 2.05) is 0 Å². The molecule has 0 aromatic heterocycles. The molecule has 1 aliphatic rings. The third kappa shape index (κ3) is 5.86. The predicted octanol–water partition coefficient (Wildman–Crippen LogP) is 6.25. The Morgan fingerprint density at radius 1 is 0.900 bits per heavy atom. The van der Waals surface area contributed by atoms with Crippen molar-refractivity contribution in [1.82, 2.24) is 0 Å². The summed E-state index contributed by atoms with van der Waals surface area (Å²) in [7, 11) is -2.51. The predicted molar refractivity (Wildman–Crippen MR) is 136 cm³/mol. The Balaban J connectivity index is 1.99. The van der Waals surface area contributed by atoms with Gasteiger partial charge in [0, 0.05) is 4.75 Å². The smallest absolute Gasteiger partial charge is 0.261 e. The lowest BCUT2D eigenvalue weighted by Gasteiger charge is -2.43. The van der Waals surface area contributed by atoms with E-state index in [0.717, 1.165) is 12.3 Å². The van der Waals surface area contributed by atoms with Crippen LogP contribution in [0.25, 0.3) is 0 Å². The van der Waals surface area contributed by atoms with Crippen molar-refractivity contribution in [1.29, 1.82) is 0 Å². The Kier molecular flexibility index (Phi) is 7.31. The summed E-state index contributed by atoms with van der Waals surface area (Å²) in [5.74, 6) is 0.798. The number of benzene rings is 2. The molecule has 1 saturated carbocycles. The van der Waals surface area contributed by atoms with Crippen molar-refractivity contribution in [2.45, 2.75) is 70.6 Å². The first-order valence-corrected chi connectivity index (χ1v) is 13.8. The molecule has 0 spiro atoms. The van der Waals surface area contributed by atoms with Crippen LogP contribution in [0.3, 0.4) is 0 Å². The molecule has 0 N–H and O–H groups in total. The maximum atomic E-state index is 7.12. The molecular weight excluding hydrogens is 402 g/mol. The molecule has 3 rings (SSSR count). The van der Waals surface area contributed by atoms with Gasteiger partial charge in [-0.25, -0.2) is 4.40 Å². The van der Waals surface area contributed by atoms with Crippen molar-refractivity contribution < 1.29 is 4.43 Å². The molecule has 0 aliphatic heterocycles. The molecular formula is C26H37NOSSi. The van der Waals surface area contributed by atoms with Gasteiger partial charge in [-0.15, -0.1) is 0 Å². The van der Waals surface area contributed by atoms with Gasteiger partial charge in [-0.1, -0.05) is 81.4 Å². The summed E-state index contributed by atoms with van der Waals surface area (Å²) in [5, 5.41) is 2.66. The van der Waals surface area contributed by atoms with Crippen LogP contribution in [0.5, 0.6) is 0 Å². The van der Waals surface area contributed by atoms with E-state index in [-0.39, 0.29) is 9.79 Å². The van der Waals surface area contributed by atoms with Crippen molar-refractivity contribution >= 4 is 36.4 Å². The summed E-state index contributed by atoms with van der Waals surface area (Å²) >= 11 is 1.68. The Hall–Kier alpha value is -1.36. The number of hydrogen-bond donors (Lipinski definition) is 0. The van der Waals surface area contributed by atoms with Crippen molar-refractivity contribution in [3.63, 3.8) is 0 Å². The Morgan fingerprint density at radius 3 is 1.80 bits per heavy atom. The maximum Gasteiger partial charge on any atom is 0.261 e. The first-order chi connectivity index (χ1) is 14.1. The van der Waals surface area contributed by atoms with Gasteiger partial charge < -0.3 is 4.43 Å². The molecule has 30 heavy (non-hydrogen) atoms. The van der Waals surface area contributed by atoms with E-state index < -0.39 is 8.32 Å². The van der Waals surface area contributed by atoms with E-state index in [4.69, 9.17) is 8.82 Å². The Bertz CT molecular complexity index is 793. The second-order valence-electron chi connectivity index (χ2n) is 10.5. The fourth-order valence-electron chi connectivity index (χ4n) is 3.93. The summed E-state index contributed by atoms with van der Waals surface area (Å²) in [6.45, 7) is 14.3. The second-order valence-corrected chi connectivity index (χ2v) is 16.4. The van der Waals surface area contributed by atoms with E-state index in [1.165, 1.54) is 28.9 Å². The van der Waals surface area contributed by atoms with Gasteiger partial charge in [0.05, 0.1) is 12.3 Å². The lowest BCUT2D eigenvalue weighted by atomic mass is 10.2. The molecule has 4 heteroatoms. The highest BCUT2D eigenvalue weighted by Crippen LogP contribution is 2.38. The lowest BCUT2D eigenvalue weighted by molar-refractivity contribution is 0.349. The fourth-order valence-corrected chi connectivity index (χ4v) is 9.00. The second kappa shape index (κ2) is 9.42. The molecule has 162 valence electrons. The minimum absolute atomic E-state index is 0.00241.